The molecule has 6 atom stereocenters. The van der Waals surface area contributed by atoms with Crippen LogP contribution in [0.3, 0.4) is 0 Å². The summed E-state index contributed by atoms with van der Waals surface area (Å²) in [6.45, 7) is 4.67. The lowest BCUT2D eigenvalue weighted by atomic mass is 9.51. The van der Waals surface area contributed by atoms with Gasteiger partial charge in [0.15, 0.2) is 0 Å². The summed E-state index contributed by atoms with van der Waals surface area (Å²) >= 11 is 0. The molecule has 0 amide bonds. The van der Waals surface area contributed by atoms with Crippen LogP contribution >= 0.6 is 0 Å². The van der Waals surface area contributed by atoms with Crippen molar-refractivity contribution in [1.82, 2.24) is 0 Å². The summed E-state index contributed by atoms with van der Waals surface area (Å²) in [6, 6.07) is 6.76. The SMILES string of the molecule is CC[C@@H]1Cc2cc(OC)ccc2[C@H]2CCC3(CC)[C@@H](O)CC[C@H]3[C@H]12. The number of fused-ring (bicyclic) bond motifs is 5. The summed E-state index contributed by atoms with van der Waals surface area (Å²) in [4.78, 5) is 0. The van der Waals surface area contributed by atoms with Gasteiger partial charge in [0.25, 0.3) is 0 Å². The summed E-state index contributed by atoms with van der Waals surface area (Å²) in [5.41, 5.74) is 3.31. The van der Waals surface area contributed by atoms with Crippen LogP contribution in [0.4, 0.5) is 0 Å². The normalized spacial score (nSPS) is 40.6. The highest BCUT2D eigenvalue weighted by Gasteiger charge is 2.57. The van der Waals surface area contributed by atoms with E-state index in [4.69, 9.17) is 4.74 Å². The van der Waals surface area contributed by atoms with Gasteiger partial charge in [0.1, 0.15) is 5.75 Å². The number of methoxy groups -OCH3 is 1. The number of aliphatic hydroxyl groups is 1. The second kappa shape index (κ2) is 6.05. The number of hydrogen-bond acceptors (Lipinski definition) is 2. The lowest BCUT2D eigenvalue weighted by Gasteiger charge is -2.54. The van der Waals surface area contributed by atoms with Crippen molar-refractivity contribution in [3.8, 4) is 5.75 Å². The molecule has 0 saturated heterocycles. The Bertz CT molecular complexity index is 610. The maximum atomic E-state index is 10.8. The third-order valence-electron chi connectivity index (χ3n) is 7.96. The van der Waals surface area contributed by atoms with Crippen LogP contribution in [0, 0.1) is 23.2 Å². The third kappa shape index (κ3) is 2.18. The molecule has 132 valence electrons. The molecule has 3 aliphatic carbocycles. The van der Waals surface area contributed by atoms with Gasteiger partial charge < -0.3 is 9.84 Å². The van der Waals surface area contributed by atoms with E-state index in [0.29, 0.717) is 5.92 Å². The summed E-state index contributed by atoms with van der Waals surface area (Å²) in [5, 5.41) is 10.8. The topological polar surface area (TPSA) is 29.5 Å². The van der Waals surface area contributed by atoms with E-state index in [0.717, 1.165) is 36.3 Å². The molecule has 0 spiro atoms. The van der Waals surface area contributed by atoms with E-state index in [1.54, 1.807) is 12.7 Å². The van der Waals surface area contributed by atoms with Crippen LogP contribution in [0.15, 0.2) is 18.2 Å². The van der Waals surface area contributed by atoms with Gasteiger partial charge in [-0.15, -0.1) is 0 Å². The Morgan fingerprint density at radius 2 is 2.04 bits per heavy atom. The first-order valence-electron chi connectivity index (χ1n) is 9.99. The molecule has 0 bridgehead atoms. The Labute approximate surface area is 146 Å². The Balaban J connectivity index is 1.75. The van der Waals surface area contributed by atoms with Crippen LogP contribution in [0.1, 0.15) is 69.4 Å². The fraction of sp³-hybridized carbons (Fsp3) is 0.727. The molecule has 4 rings (SSSR count). The van der Waals surface area contributed by atoms with Crippen molar-refractivity contribution in [1.29, 1.82) is 0 Å². The molecule has 2 nitrogen and oxygen atoms in total. The van der Waals surface area contributed by atoms with E-state index >= 15 is 0 Å². The minimum Gasteiger partial charge on any atom is -0.497 e. The summed E-state index contributed by atoms with van der Waals surface area (Å²) in [6.07, 6.45) is 8.24. The molecule has 1 N–H and O–H groups in total. The van der Waals surface area contributed by atoms with E-state index in [9.17, 15) is 5.11 Å². The summed E-state index contributed by atoms with van der Waals surface area (Å²) < 4.78 is 5.47. The van der Waals surface area contributed by atoms with Crippen LogP contribution < -0.4 is 4.74 Å². The zero-order chi connectivity index (χ0) is 16.9. The minimum absolute atomic E-state index is 0.0665. The average molecular weight is 328 g/mol. The predicted octanol–water partition coefficient (Wildman–Crippen LogP) is 4.94. The lowest BCUT2D eigenvalue weighted by Crippen LogP contribution is -2.48. The monoisotopic (exact) mass is 328 g/mol. The molecule has 2 saturated carbocycles. The quantitative estimate of drug-likeness (QED) is 0.851. The van der Waals surface area contributed by atoms with Crippen molar-refractivity contribution in [2.24, 2.45) is 23.2 Å². The first-order valence-corrected chi connectivity index (χ1v) is 9.99. The molecule has 3 aliphatic rings. The maximum absolute atomic E-state index is 10.8. The second-order valence-corrected chi connectivity index (χ2v) is 8.45. The number of rotatable bonds is 3. The van der Waals surface area contributed by atoms with Gasteiger partial charge in [0.2, 0.25) is 0 Å². The standard InChI is InChI=1S/C22H32O2/c1-4-14-12-15-13-16(24-3)6-7-17(15)18-10-11-22(5-2)19(21(14)18)8-9-20(22)23/h6-7,13-14,18-21,23H,4-5,8-12H2,1-3H3/t14-,18-,19+,20+,21-,22?/m1/s1. The Morgan fingerprint density at radius 3 is 2.75 bits per heavy atom. The maximum Gasteiger partial charge on any atom is 0.119 e. The molecule has 0 heterocycles. The van der Waals surface area contributed by atoms with Gasteiger partial charge in [-0.1, -0.05) is 26.3 Å². The Morgan fingerprint density at radius 1 is 1.21 bits per heavy atom. The molecule has 0 aliphatic heterocycles. The van der Waals surface area contributed by atoms with E-state index in [2.05, 4.69) is 32.0 Å². The number of benzene rings is 1. The highest BCUT2D eigenvalue weighted by atomic mass is 16.5. The second-order valence-electron chi connectivity index (χ2n) is 8.45. The first kappa shape index (κ1) is 16.4. The zero-order valence-electron chi connectivity index (χ0n) is 15.4. The zero-order valence-corrected chi connectivity index (χ0v) is 15.4. The van der Waals surface area contributed by atoms with Crippen molar-refractivity contribution in [3.05, 3.63) is 29.3 Å². The molecule has 1 aromatic carbocycles. The Kier molecular flexibility index (Phi) is 4.15. The largest absolute Gasteiger partial charge is 0.497 e. The van der Waals surface area contributed by atoms with E-state index in [-0.39, 0.29) is 11.5 Å². The average Bonchev–Trinajstić information content (AvgIpc) is 2.97. The molecule has 2 fully saturated rings. The van der Waals surface area contributed by atoms with Gasteiger partial charge >= 0.3 is 0 Å². The molecular weight excluding hydrogens is 296 g/mol. The van der Waals surface area contributed by atoms with Gasteiger partial charge in [0.05, 0.1) is 13.2 Å². The van der Waals surface area contributed by atoms with Crippen molar-refractivity contribution in [3.63, 3.8) is 0 Å². The molecule has 24 heavy (non-hydrogen) atoms. The number of hydrogen-bond donors (Lipinski definition) is 1. The lowest BCUT2D eigenvalue weighted by molar-refractivity contribution is -0.0540. The molecule has 2 heteroatoms. The predicted molar refractivity (Wildman–Crippen MR) is 97.4 cm³/mol. The Hall–Kier alpha value is -1.02. The van der Waals surface area contributed by atoms with Crippen molar-refractivity contribution >= 4 is 0 Å². The van der Waals surface area contributed by atoms with Crippen LogP contribution in [0.25, 0.3) is 0 Å². The summed E-state index contributed by atoms with van der Waals surface area (Å²) in [5.74, 6) is 3.94. The molecule has 1 unspecified atom stereocenters. The highest BCUT2D eigenvalue weighted by molar-refractivity contribution is 5.41. The van der Waals surface area contributed by atoms with Crippen LogP contribution in [-0.4, -0.2) is 18.3 Å². The fourth-order valence-electron chi connectivity index (χ4n) is 6.76. The summed E-state index contributed by atoms with van der Waals surface area (Å²) in [7, 11) is 1.76. The van der Waals surface area contributed by atoms with Crippen LogP contribution in [-0.2, 0) is 6.42 Å². The molecule has 0 radical (unpaired) electrons. The van der Waals surface area contributed by atoms with Crippen molar-refractivity contribution in [2.45, 2.75) is 70.8 Å². The number of ether oxygens (including phenoxy) is 1. The third-order valence-corrected chi connectivity index (χ3v) is 7.96. The fourth-order valence-corrected chi connectivity index (χ4v) is 6.76. The first-order chi connectivity index (χ1) is 11.6. The van der Waals surface area contributed by atoms with Gasteiger partial charge in [-0.25, -0.2) is 0 Å². The van der Waals surface area contributed by atoms with Gasteiger partial charge in [-0.2, -0.15) is 0 Å². The van der Waals surface area contributed by atoms with Crippen LogP contribution in [0.5, 0.6) is 5.75 Å². The van der Waals surface area contributed by atoms with Crippen molar-refractivity contribution in [2.75, 3.05) is 7.11 Å². The molecule has 0 aromatic heterocycles. The van der Waals surface area contributed by atoms with E-state index in [1.807, 2.05) is 0 Å². The van der Waals surface area contributed by atoms with Gasteiger partial charge in [0, 0.05) is 0 Å². The molecular formula is C22H32O2. The van der Waals surface area contributed by atoms with Crippen LogP contribution in [0.2, 0.25) is 0 Å². The van der Waals surface area contributed by atoms with Gasteiger partial charge in [-0.05, 0) is 90.9 Å². The minimum atomic E-state index is -0.0665. The van der Waals surface area contributed by atoms with Crippen molar-refractivity contribution < 1.29 is 9.84 Å². The van der Waals surface area contributed by atoms with E-state index in [1.165, 1.54) is 37.7 Å². The van der Waals surface area contributed by atoms with E-state index < -0.39 is 0 Å². The van der Waals surface area contributed by atoms with Gasteiger partial charge in [-0.3, -0.25) is 0 Å². The smallest absolute Gasteiger partial charge is 0.119 e. The molecule has 1 aromatic rings. The number of aliphatic hydroxyl groups excluding tert-OH is 1. The highest BCUT2D eigenvalue weighted by Crippen LogP contribution is 2.63.